The Morgan fingerprint density at radius 1 is 1.27 bits per heavy atom. The van der Waals surface area contributed by atoms with Crippen LogP contribution in [-0.2, 0) is 13.2 Å². The van der Waals surface area contributed by atoms with Crippen LogP contribution in [0.2, 0.25) is 0 Å². The van der Waals surface area contributed by atoms with Crippen molar-refractivity contribution in [3.63, 3.8) is 0 Å². The summed E-state index contributed by atoms with van der Waals surface area (Å²) in [5.74, 6) is 0.116. The Labute approximate surface area is 185 Å². The normalized spacial score (nSPS) is 16.9. The SMILES string of the molecule is Cn1cc(-n2ccc3c(-c4nc(NC5CCCNC5)ncc4C(F)(F)F)c[nH]c3c2=O)cn1. The van der Waals surface area contributed by atoms with Crippen LogP contribution in [0.15, 0.2) is 41.8 Å². The van der Waals surface area contributed by atoms with E-state index in [4.69, 9.17) is 0 Å². The third-order valence-electron chi connectivity index (χ3n) is 5.69. The molecule has 0 aromatic carbocycles. The monoisotopic (exact) mass is 458 g/mol. The molecule has 12 heteroatoms. The molecule has 0 saturated carbocycles. The second kappa shape index (κ2) is 8.03. The number of fused-ring (bicyclic) bond motifs is 1. The zero-order valence-electron chi connectivity index (χ0n) is 17.6. The molecule has 0 spiro atoms. The fourth-order valence-corrected chi connectivity index (χ4v) is 4.08. The molecule has 1 atom stereocenters. The van der Waals surface area contributed by atoms with E-state index in [1.54, 1.807) is 24.0 Å². The molecule has 0 radical (unpaired) electrons. The van der Waals surface area contributed by atoms with Gasteiger partial charge in [-0.25, -0.2) is 9.97 Å². The Kier molecular flexibility index (Phi) is 5.16. The maximum absolute atomic E-state index is 13.8. The molecule has 0 aliphatic carbocycles. The van der Waals surface area contributed by atoms with Crippen LogP contribution in [0.4, 0.5) is 19.1 Å². The van der Waals surface area contributed by atoms with Crippen molar-refractivity contribution in [1.82, 2.24) is 34.6 Å². The zero-order valence-corrected chi connectivity index (χ0v) is 17.6. The van der Waals surface area contributed by atoms with Gasteiger partial charge in [-0.2, -0.15) is 18.3 Å². The molecular formula is C21H21F3N8O. The summed E-state index contributed by atoms with van der Waals surface area (Å²) in [7, 11) is 1.72. The van der Waals surface area contributed by atoms with E-state index < -0.39 is 17.3 Å². The largest absolute Gasteiger partial charge is 0.419 e. The van der Waals surface area contributed by atoms with E-state index in [0.29, 0.717) is 17.6 Å². The number of nitrogens with zero attached hydrogens (tertiary/aromatic N) is 5. The molecule has 0 bridgehead atoms. The first-order chi connectivity index (χ1) is 15.8. The Balaban J connectivity index is 1.61. The molecule has 1 unspecified atom stereocenters. The fourth-order valence-electron chi connectivity index (χ4n) is 4.08. The van der Waals surface area contributed by atoms with Gasteiger partial charge in [0.25, 0.3) is 5.56 Å². The van der Waals surface area contributed by atoms with E-state index in [1.807, 2.05) is 0 Å². The highest BCUT2D eigenvalue weighted by Crippen LogP contribution is 2.38. The second-order valence-electron chi connectivity index (χ2n) is 8.00. The quantitative estimate of drug-likeness (QED) is 0.434. The van der Waals surface area contributed by atoms with Crippen molar-refractivity contribution in [3.05, 3.63) is 53.0 Å². The van der Waals surface area contributed by atoms with E-state index in [2.05, 4.69) is 30.7 Å². The summed E-state index contributed by atoms with van der Waals surface area (Å²) in [5, 5.41) is 10.8. The standard InChI is InChI=1S/C21H21F3N8O/c1-31-11-13(8-28-31)32-6-4-14-15(9-26-18(14)19(32)33)17-16(21(22,23)24)10-27-20(30-17)29-12-3-2-5-25-7-12/h4,6,8-12,25-26H,2-3,5,7H2,1H3,(H,27,29,30). The lowest BCUT2D eigenvalue weighted by atomic mass is 10.1. The third kappa shape index (κ3) is 3.97. The molecule has 1 saturated heterocycles. The van der Waals surface area contributed by atoms with E-state index in [-0.39, 0.29) is 28.8 Å². The van der Waals surface area contributed by atoms with Gasteiger partial charge >= 0.3 is 6.18 Å². The van der Waals surface area contributed by atoms with Crippen LogP contribution < -0.4 is 16.2 Å². The molecule has 0 amide bonds. The Hall–Kier alpha value is -3.67. The van der Waals surface area contributed by atoms with Gasteiger partial charge in [0.1, 0.15) is 11.1 Å². The maximum Gasteiger partial charge on any atom is 0.419 e. The first kappa shape index (κ1) is 21.2. The van der Waals surface area contributed by atoms with Gasteiger partial charge in [0.15, 0.2) is 0 Å². The highest BCUT2D eigenvalue weighted by molar-refractivity contribution is 5.95. The molecule has 9 nitrogen and oxygen atoms in total. The predicted octanol–water partition coefficient (Wildman–Crippen LogP) is 2.69. The van der Waals surface area contributed by atoms with Crippen molar-refractivity contribution in [2.24, 2.45) is 7.05 Å². The van der Waals surface area contributed by atoms with Crippen molar-refractivity contribution >= 4 is 16.9 Å². The van der Waals surface area contributed by atoms with Crippen LogP contribution in [0.1, 0.15) is 18.4 Å². The van der Waals surface area contributed by atoms with E-state index >= 15 is 0 Å². The minimum atomic E-state index is -4.66. The molecule has 172 valence electrons. The van der Waals surface area contributed by atoms with Gasteiger partial charge in [0.05, 0.1) is 17.6 Å². The number of H-pyrrole nitrogens is 1. The summed E-state index contributed by atoms with van der Waals surface area (Å²) in [6.07, 6.45) is 4.04. The van der Waals surface area contributed by atoms with Gasteiger partial charge in [-0.15, -0.1) is 0 Å². The summed E-state index contributed by atoms with van der Waals surface area (Å²) in [6, 6.07) is 1.62. The highest BCUT2D eigenvalue weighted by atomic mass is 19.4. The van der Waals surface area contributed by atoms with Crippen LogP contribution in [0.25, 0.3) is 27.8 Å². The first-order valence-electron chi connectivity index (χ1n) is 10.4. The van der Waals surface area contributed by atoms with Gasteiger partial charge in [-0.05, 0) is 25.5 Å². The Morgan fingerprint density at radius 3 is 2.82 bits per heavy atom. The van der Waals surface area contributed by atoms with E-state index in [9.17, 15) is 18.0 Å². The van der Waals surface area contributed by atoms with E-state index in [1.165, 1.54) is 23.2 Å². The Bertz CT molecular complexity index is 1360. The number of aromatic amines is 1. The summed E-state index contributed by atoms with van der Waals surface area (Å²) in [4.78, 5) is 24.0. The number of aryl methyl sites for hydroxylation is 1. The topological polar surface area (TPSA) is 105 Å². The third-order valence-corrected chi connectivity index (χ3v) is 5.69. The number of aromatic nitrogens is 6. The number of anilines is 1. The molecule has 33 heavy (non-hydrogen) atoms. The molecule has 3 N–H and O–H groups in total. The molecule has 4 aromatic heterocycles. The molecule has 1 aliphatic rings. The van der Waals surface area contributed by atoms with Gasteiger partial charge in [0.2, 0.25) is 5.95 Å². The van der Waals surface area contributed by atoms with Crippen molar-refractivity contribution in [2.45, 2.75) is 25.1 Å². The average Bonchev–Trinajstić information content (AvgIpc) is 3.41. The van der Waals surface area contributed by atoms with Crippen LogP contribution in [-0.4, -0.2) is 48.4 Å². The predicted molar refractivity (Wildman–Crippen MR) is 116 cm³/mol. The number of rotatable bonds is 4. The number of alkyl halides is 3. The lowest BCUT2D eigenvalue weighted by Crippen LogP contribution is -2.38. The number of halogens is 3. The number of nitrogens with one attached hydrogen (secondary N) is 3. The molecule has 5 heterocycles. The van der Waals surface area contributed by atoms with Gasteiger partial charge in [-0.1, -0.05) is 0 Å². The molecule has 1 aliphatic heterocycles. The van der Waals surface area contributed by atoms with Gasteiger partial charge in [-0.3, -0.25) is 14.0 Å². The van der Waals surface area contributed by atoms with Gasteiger partial charge in [0, 0.05) is 55.4 Å². The lowest BCUT2D eigenvalue weighted by molar-refractivity contribution is -0.137. The Morgan fingerprint density at radius 2 is 2.12 bits per heavy atom. The van der Waals surface area contributed by atoms with Crippen LogP contribution in [0, 0.1) is 0 Å². The van der Waals surface area contributed by atoms with Crippen molar-refractivity contribution in [3.8, 4) is 16.9 Å². The minimum absolute atomic E-state index is 0.0259. The minimum Gasteiger partial charge on any atom is -0.356 e. The molecule has 5 rings (SSSR count). The van der Waals surface area contributed by atoms with Crippen LogP contribution in [0.5, 0.6) is 0 Å². The number of pyridine rings is 1. The summed E-state index contributed by atoms with van der Waals surface area (Å²) in [6.45, 7) is 1.59. The average molecular weight is 458 g/mol. The fraction of sp³-hybridized carbons (Fsp3) is 0.333. The van der Waals surface area contributed by atoms with Crippen LogP contribution in [0.3, 0.4) is 0 Å². The number of hydrogen-bond acceptors (Lipinski definition) is 6. The number of hydrogen-bond donors (Lipinski definition) is 3. The first-order valence-corrected chi connectivity index (χ1v) is 10.4. The van der Waals surface area contributed by atoms with Crippen molar-refractivity contribution in [2.75, 3.05) is 18.4 Å². The maximum atomic E-state index is 13.8. The zero-order chi connectivity index (χ0) is 23.2. The molecular weight excluding hydrogens is 437 g/mol. The van der Waals surface area contributed by atoms with Crippen molar-refractivity contribution in [1.29, 1.82) is 0 Å². The smallest absolute Gasteiger partial charge is 0.356 e. The molecule has 1 fully saturated rings. The summed E-state index contributed by atoms with van der Waals surface area (Å²) in [5.41, 5.74) is -0.748. The van der Waals surface area contributed by atoms with E-state index in [0.717, 1.165) is 25.6 Å². The lowest BCUT2D eigenvalue weighted by Gasteiger charge is -2.24. The summed E-state index contributed by atoms with van der Waals surface area (Å²) >= 11 is 0. The highest BCUT2D eigenvalue weighted by Gasteiger charge is 2.36. The van der Waals surface area contributed by atoms with Gasteiger partial charge < -0.3 is 15.6 Å². The second-order valence-corrected chi connectivity index (χ2v) is 8.00. The number of piperidine rings is 1. The van der Waals surface area contributed by atoms with Crippen molar-refractivity contribution < 1.29 is 13.2 Å². The molecule has 4 aromatic rings. The summed E-state index contributed by atoms with van der Waals surface area (Å²) < 4.78 is 44.3. The van der Waals surface area contributed by atoms with Crippen LogP contribution >= 0.6 is 0 Å².